The minimum absolute atomic E-state index is 0.850. The summed E-state index contributed by atoms with van der Waals surface area (Å²) >= 11 is 0. The lowest BCUT2D eigenvalue weighted by molar-refractivity contribution is 0.130. The van der Waals surface area contributed by atoms with Crippen LogP contribution in [-0.2, 0) is 6.54 Å². The maximum Gasteiger partial charge on any atom is 0.149 e. The van der Waals surface area contributed by atoms with E-state index in [1.54, 1.807) is 6.26 Å². The first-order valence-corrected chi connectivity index (χ1v) is 8.24. The molecule has 1 saturated heterocycles. The Bertz CT molecular complexity index is 668. The van der Waals surface area contributed by atoms with Gasteiger partial charge in [-0.2, -0.15) is 5.10 Å². The summed E-state index contributed by atoms with van der Waals surface area (Å²) in [6.07, 6.45) is 1.69. The molecule has 2 heterocycles. The molecule has 0 saturated carbocycles. The number of nitrogens with zero attached hydrogens (tertiary/aromatic N) is 3. The third-order valence-corrected chi connectivity index (χ3v) is 4.41. The molecule has 122 valence electrons. The highest BCUT2D eigenvalue weighted by Gasteiger charge is 2.17. The zero-order valence-corrected chi connectivity index (χ0v) is 14.2. The van der Waals surface area contributed by atoms with Gasteiger partial charge in [0.1, 0.15) is 5.76 Å². The van der Waals surface area contributed by atoms with Crippen LogP contribution in [0.2, 0.25) is 0 Å². The maximum absolute atomic E-state index is 5.39. The summed E-state index contributed by atoms with van der Waals surface area (Å²) in [7, 11) is 0. The summed E-state index contributed by atoms with van der Waals surface area (Å²) in [6.45, 7) is 11.4. The molecule has 4 nitrogen and oxygen atoms in total. The quantitative estimate of drug-likeness (QED) is 0.811. The Morgan fingerprint density at radius 3 is 2.57 bits per heavy atom. The van der Waals surface area contributed by atoms with Crippen LogP contribution in [0.15, 0.2) is 46.1 Å². The number of piperazine rings is 1. The van der Waals surface area contributed by atoms with Crippen LogP contribution < -0.4 is 0 Å². The predicted octanol–water partition coefficient (Wildman–Crippen LogP) is 3.44. The molecule has 0 unspecified atom stereocenters. The first kappa shape index (κ1) is 15.8. The lowest BCUT2D eigenvalue weighted by Crippen LogP contribution is -2.43. The number of benzene rings is 1. The second-order valence-electron chi connectivity index (χ2n) is 6.32. The predicted molar refractivity (Wildman–Crippen MR) is 93.7 cm³/mol. The van der Waals surface area contributed by atoms with E-state index in [0.717, 1.165) is 44.2 Å². The van der Waals surface area contributed by atoms with E-state index in [2.05, 4.69) is 47.1 Å². The summed E-state index contributed by atoms with van der Waals surface area (Å²) in [5, 5.41) is 6.83. The summed E-state index contributed by atoms with van der Waals surface area (Å²) < 4.78 is 5.39. The van der Waals surface area contributed by atoms with Gasteiger partial charge in [0.15, 0.2) is 0 Å². The molecule has 23 heavy (non-hydrogen) atoms. The van der Waals surface area contributed by atoms with Gasteiger partial charge in [-0.25, -0.2) is 0 Å². The Balaban J connectivity index is 1.55. The van der Waals surface area contributed by atoms with Crippen LogP contribution in [-0.4, -0.2) is 41.8 Å². The van der Waals surface area contributed by atoms with Crippen molar-refractivity contribution in [3.05, 3.63) is 59.0 Å². The van der Waals surface area contributed by atoms with Crippen LogP contribution >= 0.6 is 0 Å². The molecular weight excluding hydrogens is 286 g/mol. The van der Waals surface area contributed by atoms with Crippen LogP contribution in [0.1, 0.15) is 29.4 Å². The summed E-state index contributed by atoms with van der Waals surface area (Å²) in [5.41, 5.74) is 5.09. The van der Waals surface area contributed by atoms with Crippen molar-refractivity contribution >= 4 is 5.71 Å². The highest BCUT2D eigenvalue weighted by Crippen LogP contribution is 2.15. The van der Waals surface area contributed by atoms with Crippen LogP contribution in [0.25, 0.3) is 0 Å². The van der Waals surface area contributed by atoms with Gasteiger partial charge in [0.05, 0.1) is 12.0 Å². The average Bonchev–Trinajstić information content (AvgIpc) is 3.06. The van der Waals surface area contributed by atoms with E-state index in [9.17, 15) is 0 Å². The lowest BCUT2D eigenvalue weighted by Gasteiger charge is -2.33. The fourth-order valence-corrected chi connectivity index (χ4v) is 3.01. The molecule has 2 aromatic rings. The van der Waals surface area contributed by atoms with E-state index >= 15 is 0 Å². The van der Waals surface area contributed by atoms with Crippen LogP contribution in [0, 0.1) is 13.8 Å². The minimum atomic E-state index is 0.850. The van der Waals surface area contributed by atoms with Crippen molar-refractivity contribution < 1.29 is 4.42 Å². The molecule has 1 aliphatic rings. The van der Waals surface area contributed by atoms with E-state index in [1.807, 2.05) is 19.1 Å². The first-order chi connectivity index (χ1) is 11.1. The second kappa shape index (κ2) is 7.01. The first-order valence-electron chi connectivity index (χ1n) is 8.24. The number of hydrogen-bond acceptors (Lipinski definition) is 4. The van der Waals surface area contributed by atoms with Gasteiger partial charge in [-0.15, -0.1) is 0 Å². The van der Waals surface area contributed by atoms with Gasteiger partial charge in [0.25, 0.3) is 0 Å². The topological polar surface area (TPSA) is 32.0 Å². The fourth-order valence-electron chi connectivity index (χ4n) is 3.01. The molecule has 1 aliphatic heterocycles. The lowest BCUT2D eigenvalue weighted by atomic mass is 10.1. The molecule has 0 bridgehead atoms. The molecule has 1 aromatic heterocycles. The van der Waals surface area contributed by atoms with E-state index in [4.69, 9.17) is 4.42 Å². The van der Waals surface area contributed by atoms with E-state index in [-0.39, 0.29) is 0 Å². The Hall–Kier alpha value is -2.07. The smallest absolute Gasteiger partial charge is 0.149 e. The van der Waals surface area contributed by atoms with Gasteiger partial charge >= 0.3 is 0 Å². The molecule has 0 N–H and O–H groups in total. The second-order valence-corrected chi connectivity index (χ2v) is 6.32. The Kier molecular flexibility index (Phi) is 4.82. The highest BCUT2D eigenvalue weighted by molar-refractivity contribution is 5.95. The molecular formula is C19H25N3O. The molecule has 0 amide bonds. The molecule has 0 radical (unpaired) electrons. The Morgan fingerprint density at radius 1 is 1.13 bits per heavy atom. The van der Waals surface area contributed by atoms with Gasteiger partial charge in [-0.05, 0) is 44.0 Å². The van der Waals surface area contributed by atoms with Crippen LogP contribution in [0.5, 0.6) is 0 Å². The largest absolute Gasteiger partial charge is 0.463 e. The molecule has 1 fully saturated rings. The molecule has 0 aliphatic carbocycles. The molecule has 3 rings (SSSR count). The van der Waals surface area contributed by atoms with Crippen molar-refractivity contribution in [1.82, 2.24) is 9.91 Å². The van der Waals surface area contributed by atoms with Crippen molar-refractivity contribution in [2.75, 3.05) is 26.2 Å². The molecule has 0 atom stereocenters. The van der Waals surface area contributed by atoms with E-state index in [1.165, 1.54) is 16.7 Å². The molecule has 4 heteroatoms. The minimum Gasteiger partial charge on any atom is -0.463 e. The third-order valence-electron chi connectivity index (χ3n) is 4.41. The normalized spacial score (nSPS) is 16.8. The fraction of sp³-hybridized carbons (Fsp3) is 0.421. The number of hydrazone groups is 1. The SMILES string of the molecule is CC(=NN1CCN(Cc2ccc(C)cc2C)CC1)c1ccco1. The average molecular weight is 311 g/mol. The third kappa shape index (κ3) is 4.02. The van der Waals surface area contributed by atoms with Gasteiger partial charge in [0, 0.05) is 32.7 Å². The van der Waals surface area contributed by atoms with Crippen molar-refractivity contribution in [2.45, 2.75) is 27.3 Å². The number of furan rings is 1. The number of aryl methyl sites for hydroxylation is 2. The maximum atomic E-state index is 5.39. The zero-order chi connectivity index (χ0) is 16.2. The van der Waals surface area contributed by atoms with Gasteiger partial charge < -0.3 is 4.42 Å². The molecule has 0 spiro atoms. The monoisotopic (exact) mass is 311 g/mol. The zero-order valence-electron chi connectivity index (χ0n) is 14.2. The summed E-state index contributed by atoms with van der Waals surface area (Å²) in [6, 6.07) is 10.6. The van der Waals surface area contributed by atoms with Gasteiger partial charge in [0.2, 0.25) is 0 Å². The number of rotatable bonds is 4. The van der Waals surface area contributed by atoms with E-state index < -0.39 is 0 Å². The standard InChI is InChI=1S/C19H25N3O/c1-15-6-7-18(16(2)13-15)14-21-8-10-22(11-9-21)20-17(3)19-5-4-12-23-19/h4-7,12-13H,8-11,14H2,1-3H3. The van der Waals surface area contributed by atoms with Crippen molar-refractivity contribution in [3.8, 4) is 0 Å². The Morgan fingerprint density at radius 2 is 1.91 bits per heavy atom. The Labute approximate surface area is 138 Å². The van der Waals surface area contributed by atoms with Gasteiger partial charge in [-0.3, -0.25) is 9.91 Å². The summed E-state index contributed by atoms with van der Waals surface area (Å²) in [4.78, 5) is 2.51. The van der Waals surface area contributed by atoms with Crippen LogP contribution in [0.4, 0.5) is 0 Å². The van der Waals surface area contributed by atoms with Crippen LogP contribution in [0.3, 0.4) is 0 Å². The summed E-state index contributed by atoms with van der Waals surface area (Å²) in [5.74, 6) is 0.850. The van der Waals surface area contributed by atoms with E-state index in [0.29, 0.717) is 0 Å². The highest BCUT2D eigenvalue weighted by atomic mass is 16.3. The molecule has 1 aromatic carbocycles. The van der Waals surface area contributed by atoms with Crippen molar-refractivity contribution in [2.24, 2.45) is 5.10 Å². The van der Waals surface area contributed by atoms with Crippen molar-refractivity contribution in [1.29, 1.82) is 0 Å². The van der Waals surface area contributed by atoms with Gasteiger partial charge in [-0.1, -0.05) is 23.8 Å². The van der Waals surface area contributed by atoms with Crippen molar-refractivity contribution in [3.63, 3.8) is 0 Å². The number of hydrogen-bond donors (Lipinski definition) is 0.